The summed E-state index contributed by atoms with van der Waals surface area (Å²) in [6.07, 6.45) is 5.05. The van der Waals surface area contributed by atoms with Gasteiger partial charge in [0.1, 0.15) is 5.75 Å². The van der Waals surface area contributed by atoms with E-state index >= 15 is 0 Å². The van der Waals surface area contributed by atoms with Gasteiger partial charge in [0.2, 0.25) is 6.79 Å². The highest BCUT2D eigenvalue weighted by Crippen LogP contribution is 2.38. The van der Waals surface area contributed by atoms with Crippen LogP contribution in [0.15, 0.2) is 35.7 Å². The molecule has 2 aromatic rings. The number of methoxy groups -OCH3 is 1. The largest absolute Gasteiger partial charge is 0.496 e. The summed E-state index contributed by atoms with van der Waals surface area (Å²) in [6.45, 7) is 0.285. The molecule has 0 aliphatic carbocycles. The minimum absolute atomic E-state index is 0.285. The number of thiophene rings is 1. The first-order valence-electron chi connectivity index (χ1n) is 6.03. The van der Waals surface area contributed by atoms with Gasteiger partial charge in [0.15, 0.2) is 11.5 Å². The molecule has 98 valence electrons. The molecule has 1 aliphatic heterocycles. The molecule has 0 atom stereocenters. The average molecular weight is 274 g/mol. The topological polar surface area (TPSA) is 27.7 Å². The predicted molar refractivity (Wildman–Crippen MR) is 76.2 cm³/mol. The molecule has 4 heteroatoms. The quantitative estimate of drug-likeness (QED) is 0.850. The van der Waals surface area contributed by atoms with E-state index in [-0.39, 0.29) is 6.79 Å². The summed E-state index contributed by atoms with van der Waals surface area (Å²) in [5, 5.41) is 2.07. The van der Waals surface area contributed by atoms with Crippen LogP contribution in [0.2, 0.25) is 0 Å². The lowest BCUT2D eigenvalue weighted by molar-refractivity contribution is 0.174. The molecule has 0 spiro atoms. The Bertz CT molecular complexity index is 588. The maximum absolute atomic E-state index is 5.39. The highest BCUT2D eigenvalue weighted by Gasteiger charge is 2.16. The number of ether oxygens (including phenoxy) is 3. The second kappa shape index (κ2) is 5.36. The molecule has 1 aliphatic rings. The van der Waals surface area contributed by atoms with Crippen LogP contribution in [0.3, 0.4) is 0 Å². The molecular formula is C15H14O3S. The molecular weight excluding hydrogens is 260 g/mol. The third-order valence-electron chi connectivity index (χ3n) is 2.94. The van der Waals surface area contributed by atoms with Crippen LogP contribution in [0.25, 0.3) is 6.08 Å². The number of hydrogen-bond donors (Lipinski definition) is 0. The van der Waals surface area contributed by atoms with Gasteiger partial charge in [-0.25, -0.2) is 0 Å². The van der Waals surface area contributed by atoms with Gasteiger partial charge in [0.25, 0.3) is 0 Å². The van der Waals surface area contributed by atoms with Gasteiger partial charge >= 0.3 is 0 Å². The van der Waals surface area contributed by atoms with Crippen LogP contribution < -0.4 is 14.2 Å². The minimum atomic E-state index is 0.285. The molecule has 0 unspecified atom stereocenters. The van der Waals surface area contributed by atoms with Crippen molar-refractivity contribution in [2.24, 2.45) is 0 Å². The van der Waals surface area contributed by atoms with E-state index in [1.54, 1.807) is 18.4 Å². The first-order valence-corrected chi connectivity index (χ1v) is 6.91. The van der Waals surface area contributed by atoms with Gasteiger partial charge in [-0.05, 0) is 30.0 Å². The fourth-order valence-corrected chi connectivity index (χ4v) is 2.65. The molecule has 1 aromatic carbocycles. The second-order valence-corrected chi connectivity index (χ2v) is 5.12. The third kappa shape index (κ3) is 2.58. The van der Waals surface area contributed by atoms with Gasteiger partial charge in [-0.1, -0.05) is 12.1 Å². The normalized spacial score (nSPS) is 13.1. The first kappa shape index (κ1) is 12.1. The Labute approximate surface area is 116 Å². The number of hydrogen-bond acceptors (Lipinski definition) is 4. The molecule has 0 N–H and O–H groups in total. The Kier molecular flexibility index (Phi) is 3.42. The predicted octanol–water partition coefficient (Wildman–Crippen LogP) is 3.74. The highest BCUT2D eigenvalue weighted by molar-refractivity contribution is 7.10. The molecule has 0 radical (unpaired) electrons. The van der Waals surface area contributed by atoms with Crippen molar-refractivity contribution in [3.05, 3.63) is 46.2 Å². The molecule has 0 bridgehead atoms. The smallest absolute Gasteiger partial charge is 0.231 e. The molecule has 0 saturated carbocycles. The van der Waals surface area contributed by atoms with Crippen LogP contribution in [-0.4, -0.2) is 13.9 Å². The minimum Gasteiger partial charge on any atom is -0.496 e. The van der Waals surface area contributed by atoms with E-state index in [0.717, 1.165) is 29.2 Å². The van der Waals surface area contributed by atoms with Crippen LogP contribution in [0.4, 0.5) is 0 Å². The molecule has 19 heavy (non-hydrogen) atoms. The fraction of sp³-hybridized carbons (Fsp3) is 0.200. The summed E-state index contributed by atoms with van der Waals surface area (Å²) in [4.78, 5) is 1.25. The summed E-state index contributed by atoms with van der Waals surface area (Å²) >= 11 is 1.73. The zero-order valence-electron chi connectivity index (χ0n) is 10.6. The molecule has 0 saturated heterocycles. The van der Waals surface area contributed by atoms with Crippen LogP contribution in [0, 0.1) is 0 Å². The van der Waals surface area contributed by atoms with Crippen molar-refractivity contribution in [2.75, 3.05) is 13.9 Å². The summed E-state index contributed by atoms with van der Waals surface area (Å²) in [5.74, 6) is 2.38. The Morgan fingerprint density at radius 2 is 2.16 bits per heavy atom. The summed E-state index contributed by atoms with van der Waals surface area (Å²) < 4.78 is 16.1. The van der Waals surface area contributed by atoms with Gasteiger partial charge in [0.05, 0.1) is 7.11 Å². The Balaban J connectivity index is 1.80. The van der Waals surface area contributed by atoms with Gasteiger partial charge in [-0.15, -0.1) is 11.3 Å². The van der Waals surface area contributed by atoms with Crippen molar-refractivity contribution in [1.29, 1.82) is 0 Å². The van der Waals surface area contributed by atoms with Crippen molar-refractivity contribution < 1.29 is 14.2 Å². The van der Waals surface area contributed by atoms with Crippen LogP contribution in [-0.2, 0) is 6.42 Å². The fourth-order valence-electron chi connectivity index (χ4n) is 2.00. The number of rotatable bonds is 4. The van der Waals surface area contributed by atoms with E-state index in [4.69, 9.17) is 14.2 Å². The van der Waals surface area contributed by atoms with E-state index in [2.05, 4.69) is 23.6 Å². The second-order valence-electron chi connectivity index (χ2n) is 4.14. The zero-order chi connectivity index (χ0) is 13.1. The average Bonchev–Trinajstić information content (AvgIpc) is 3.08. The standard InChI is InChI=1S/C15H14O3S/c1-16-13-9-15-14(17-10-18-15)8-11(13)4-2-5-12-6-3-7-19-12/h2-3,5-9H,4,10H2,1H3. The van der Waals surface area contributed by atoms with E-state index in [1.165, 1.54) is 4.88 Å². The third-order valence-corrected chi connectivity index (χ3v) is 3.78. The summed E-state index contributed by atoms with van der Waals surface area (Å²) in [7, 11) is 1.67. The van der Waals surface area contributed by atoms with E-state index in [1.807, 2.05) is 18.2 Å². The summed E-state index contributed by atoms with van der Waals surface area (Å²) in [6, 6.07) is 8.01. The van der Waals surface area contributed by atoms with Crippen LogP contribution in [0.5, 0.6) is 17.2 Å². The molecule has 2 heterocycles. The highest BCUT2D eigenvalue weighted by atomic mass is 32.1. The SMILES string of the molecule is COc1cc2c(cc1CC=Cc1cccs1)OCO2. The van der Waals surface area contributed by atoms with Gasteiger partial charge < -0.3 is 14.2 Å². The Morgan fingerprint density at radius 1 is 1.32 bits per heavy atom. The number of allylic oxidation sites excluding steroid dienone is 1. The Morgan fingerprint density at radius 3 is 2.89 bits per heavy atom. The monoisotopic (exact) mass is 274 g/mol. The van der Waals surface area contributed by atoms with Gasteiger partial charge in [0, 0.05) is 16.5 Å². The maximum Gasteiger partial charge on any atom is 0.231 e. The lowest BCUT2D eigenvalue weighted by Gasteiger charge is -2.07. The van der Waals surface area contributed by atoms with Crippen LogP contribution in [0.1, 0.15) is 10.4 Å². The maximum atomic E-state index is 5.39. The lowest BCUT2D eigenvalue weighted by Crippen LogP contribution is -1.92. The van der Waals surface area contributed by atoms with Crippen LogP contribution >= 0.6 is 11.3 Å². The first-order chi connectivity index (χ1) is 9.36. The lowest BCUT2D eigenvalue weighted by atomic mass is 10.1. The van der Waals surface area contributed by atoms with Gasteiger partial charge in [-0.3, -0.25) is 0 Å². The zero-order valence-corrected chi connectivity index (χ0v) is 11.4. The van der Waals surface area contributed by atoms with Crippen molar-refractivity contribution in [2.45, 2.75) is 6.42 Å². The van der Waals surface area contributed by atoms with Crippen molar-refractivity contribution in [3.63, 3.8) is 0 Å². The van der Waals surface area contributed by atoms with Gasteiger partial charge in [-0.2, -0.15) is 0 Å². The number of fused-ring (bicyclic) bond motifs is 1. The van der Waals surface area contributed by atoms with Crippen molar-refractivity contribution in [1.82, 2.24) is 0 Å². The molecule has 1 aromatic heterocycles. The van der Waals surface area contributed by atoms with Crippen molar-refractivity contribution in [3.8, 4) is 17.2 Å². The molecule has 0 amide bonds. The van der Waals surface area contributed by atoms with E-state index in [0.29, 0.717) is 0 Å². The number of benzene rings is 1. The molecule has 3 nitrogen and oxygen atoms in total. The summed E-state index contributed by atoms with van der Waals surface area (Å²) in [5.41, 5.74) is 1.10. The van der Waals surface area contributed by atoms with E-state index in [9.17, 15) is 0 Å². The van der Waals surface area contributed by atoms with Crippen molar-refractivity contribution >= 4 is 17.4 Å². The van der Waals surface area contributed by atoms with E-state index < -0.39 is 0 Å². The Hall–Kier alpha value is -1.94. The molecule has 0 fully saturated rings. The molecule has 3 rings (SSSR count).